The highest BCUT2D eigenvalue weighted by molar-refractivity contribution is 5.94. The zero-order valence-corrected chi connectivity index (χ0v) is 15.8. The van der Waals surface area contributed by atoms with Crippen LogP contribution < -0.4 is 10.6 Å². The molecule has 6 heteroatoms. The molecule has 2 amide bonds. The highest BCUT2D eigenvalue weighted by Gasteiger charge is 2.29. The molecule has 1 heterocycles. The Morgan fingerprint density at radius 1 is 1.20 bits per heavy atom. The van der Waals surface area contributed by atoms with Crippen molar-refractivity contribution in [3.8, 4) is 0 Å². The van der Waals surface area contributed by atoms with Gasteiger partial charge in [0.15, 0.2) is 0 Å². The molecule has 0 aliphatic carbocycles. The lowest BCUT2D eigenvalue weighted by Crippen LogP contribution is -2.36. The van der Waals surface area contributed by atoms with Crippen LogP contribution in [0.25, 0.3) is 0 Å². The molecule has 0 radical (unpaired) electrons. The van der Waals surface area contributed by atoms with Crippen molar-refractivity contribution in [2.45, 2.75) is 58.7 Å². The summed E-state index contributed by atoms with van der Waals surface area (Å²) in [4.78, 5) is 25.8. The molecule has 138 valence electrons. The van der Waals surface area contributed by atoms with Crippen LogP contribution in [-0.4, -0.2) is 47.7 Å². The fraction of sp³-hybridized carbons (Fsp3) is 0.579. The van der Waals surface area contributed by atoms with Crippen LogP contribution in [0.4, 0.5) is 10.5 Å². The van der Waals surface area contributed by atoms with E-state index in [2.05, 4.69) is 10.6 Å². The lowest BCUT2D eigenvalue weighted by Gasteiger charge is -2.24. The Balaban J connectivity index is 1.87. The Hall–Kier alpha value is -2.24. The van der Waals surface area contributed by atoms with Gasteiger partial charge in [-0.15, -0.1) is 0 Å². The lowest BCUT2D eigenvalue weighted by molar-refractivity contribution is 0.0293. The van der Waals surface area contributed by atoms with Crippen molar-refractivity contribution in [2.24, 2.45) is 0 Å². The Morgan fingerprint density at radius 3 is 2.40 bits per heavy atom. The second-order valence-corrected chi connectivity index (χ2v) is 7.76. The molecular formula is C19H29N3O3. The van der Waals surface area contributed by atoms with Crippen molar-refractivity contribution in [3.05, 3.63) is 29.8 Å². The molecule has 0 aromatic heterocycles. The standard InChI is InChI=1S/C19H29N3O3/c1-13(2)20-17(23)14-6-8-15(9-7-14)21-16-10-11-22(12-16)18(24)25-19(3,4)5/h6-9,13,16,21H,10-12H2,1-5H3,(H,20,23). The molecule has 1 aromatic rings. The first-order valence-corrected chi connectivity index (χ1v) is 8.79. The molecule has 0 spiro atoms. The maximum absolute atomic E-state index is 12.1. The molecule has 0 saturated carbocycles. The summed E-state index contributed by atoms with van der Waals surface area (Å²) in [5, 5.41) is 6.29. The van der Waals surface area contributed by atoms with Gasteiger partial charge in [0.05, 0.1) is 0 Å². The van der Waals surface area contributed by atoms with Gasteiger partial charge in [-0.25, -0.2) is 4.79 Å². The van der Waals surface area contributed by atoms with Crippen molar-refractivity contribution in [2.75, 3.05) is 18.4 Å². The van der Waals surface area contributed by atoms with Crippen molar-refractivity contribution in [3.63, 3.8) is 0 Å². The number of anilines is 1. The third-order valence-corrected chi connectivity index (χ3v) is 3.78. The predicted molar refractivity (Wildman–Crippen MR) is 98.9 cm³/mol. The summed E-state index contributed by atoms with van der Waals surface area (Å²) >= 11 is 0. The number of ether oxygens (including phenoxy) is 1. The number of benzene rings is 1. The quantitative estimate of drug-likeness (QED) is 0.877. The van der Waals surface area contributed by atoms with E-state index in [1.165, 1.54) is 0 Å². The first kappa shape index (κ1) is 19.1. The van der Waals surface area contributed by atoms with E-state index in [1.807, 2.05) is 46.8 Å². The van der Waals surface area contributed by atoms with E-state index in [1.54, 1.807) is 17.0 Å². The van der Waals surface area contributed by atoms with Crippen LogP contribution in [0.5, 0.6) is 0 Å². The normalized spacial score (nSPS) is 17.5. The van der Waals surface area contributed by atoms with Crippen LogP contribution >= 0.6 is 0 Å². The average molecular weight is 347 g/mol. The van der Waals surface area contributed by atoms with Crippen LogP contribution in [0.15, 0.2) is 24.3 Å². The number of nitrogens with zero attached hydrogens (tertiary/aromatic N) is 1. The fourth-order valence-corrected chi connectivity index (χ4v) is 2.67. The monoisotopic (exact) mass is 347 g/mol. The van der Waals surface area contributed by atoms with Crippen LogP contribution in [-0.2, 0) is 4.74 Å². The zero-order valence-electron chi connectivity index (χ0n) is 15.8. The second-order valence-electron chi connectivity index (χ2n) is 7.76. The third-order valence-electron chi connectivity index (χ3n) is 3.78. The first-order valence-electron chi connectivity index (χ1n) is 8.79. The van der Waals surface area contributed by atoms with Gasteiger partial charge in [0, 0.05) is 36.4 Å². The molecule has 0 bridgehead atoms. The zero-order chi connectivity index (χ0) is 18.6. The van der Waals surface area contributed by atoms with E-state index >= 15 is 0 Å². The topological polar surface area (TPSA) is 70.7 Å². The molecule has 2 rings (SSSR count). The molecule has 6 nitrogen and oxygen atoms in total. The average Bonchev–Trinajstić information content (AvgIpc) is 2.94. The summed E-state index contributed by atoms with van der Waals surface area (Å²) < 4.78 is 5.41. The minimum Gasteiger partial charge on any atom is -0.444 e. The lowest BCUT2D eigenvalue weighted by atomic mass is 10.1. The molecule has 1 aromatic carbocycles. The molecule has 1 aliphatic heterocycles. The molecule has 1 unspecified atom stereocenters. The second kappa shape index (κ2) is 7.76. The van der Waals surface area contributed by atoms with Gasteiger partial charge in [0.1, 0.15) is 5.60 Å². The molecule has 1 fully saturated rings. The molecule has 1 atom stereocenters. The van der Waals surface area contributed by atoms with Crippen molar-refractivity contribution in [1.82, 2.24) is 10.2 Å². The minimum absolute atomic E-state index is 0.0708. The number of carbonyl (C=O) groups is 2. The smallest absolute Gasteiger partial charge is 0.410 e. The molecule has 1 aliphatic rings. The summed E-state index contributed by atoms with van der Waals surface area (Å²) in [7, 11) is 0. The van der Waals surface area contributed by atoms with Crippen molar-refractivity contribution in [1.29, 1.82) is 0 Å². The Morgan fingerprint density at radius 2 is 1.84 bits per heavy atom. The van der Waals surface area contributed by atoms with Gasteiger partial charge < -0.3 is 20.3 Å². The van der Waals surface area contributed by atoms with E-state index in [4.69, 9.17) is 4.74 Å². The number of nitrogens with one attached hydrogen (secondary N) is 2. The van der Waals surface area contributed by atoms with Gasteiger partial charge in [-0.3, -0.25) is 4.79 Å². The van der Waals surface area contributed by atoms with Crippen molar-refractivity contribution < 1.29 is 14.3 Å². The highest BCUT2D eigenvalue weighted by atomic mass is 16.6. The Kier molecular flexibility index (Phi) is 5.93. The minimum atomic E-state index is -0.477. The van der Waals surface area contributed by atoms with Gasteiger partial charge in [0.2, 0.25) is 0 Å². The van der Waals surface area contributed by atoms with Crippen LogP contribution in [0, 0.1) is 0 Å². The van der Waals surface area contributed by atoms with Gasteiger partial charge >= 0.3 is 6.09 Å². The Labute approximate surface area is 149 Å². The molecular weight excluding hydrogens is 318 g/mol. The maximum Gasteiger partial charge on any atom is 0.410 e. The third kappa shape index (κ3) is 5.96. The molecule has 1 saturated heterocycles. The van der Waals surface area contributed by atoms with Crippen LogP contribution in [0.1, 0.15) is 51.4 Å². The summed E-state index contributed by atoms with van der Waals surface area (Å²) in [6, 6.07) is 7.70. The predicted octanol–water partition coefficient (Wildman–Crippen LogP) is 3.25. The number of hydrogen-bond acceptors (Lipinski definition) is 4. The number of amides is 2. The number of carbonyl (C=O) groups excluding carboxylic acids is 2. The highest BCUT2D eigenvalue weighted by Crippen LogP contribution is 2.19. The van der Waals surface area contributed by atoms with E-state index in [-0.39, 0.29) is 24.1 Å². The van der Waals surface area contributed by atoms with Crippen LogP contribution in [0.3, 0.4) is 0 Å². The number of likely N-dealkylation sites (tertiary alicyclic amines) is 1. The van der Waals surface area contributed by atoms with Gasteiger partial charge in [-0.05, 0) is 65.3 Å². The van der Waals surface area contributed by atoms with E-state index in [0.717, 1.165) is 12.1 Å². The summed E-state index contributed by atoms with van der Waals surface area (Å²) in [6.07, 6.45) is 0.604. The molecule has 25 heavy (non-hydrogen) atoms. The maximum atomic E-state index is 12.1. The van der Waals surface area contributed by atoms with Gasteiger partial charge in [0.25, 0.3) is 5.91 Å². The van der Waals surface area contributed by atoms with E-state index in [9.17, 15) is 9.59 Å². The van der Waals surface area contributed by atoms with Crippen LogP contribution in [0.2, 0.25) is 0 Å². The Bertz CT molecular complexity index is 605. The summed E-state index contributed by atoms with van der Waals surface area (Å²) in [5.41, 5.74) is 1.10. The fourth-order valence-electron chi connectivity index (χ4n) is 2.67. The number of hydrogen-bond donors (Lipinski definition) is 2. The van der Waals surface area contributed by atoms with E-state index in [0.29, 0.717) is 18.7 Å². The summed E-state index contributed by atoms with van der Waals surface area (Å²) in [6.45, 7) is 10.8. The largest absolute Gasteiger partial charge is 0.444 e. The van der Waals surface area contributed by atoms with E-state index < -0.39 is 5.60 Å². The summed E-state index contributed by atoms with van der Waals surface area (Å²) in [5.74, 6) is -0.0708. The van der Waals surface area contributed by atoms with Crippen molar-refractivity contribution >= 4 is 17.7 Å². The first-order chi connectivity index (χ1) is 11.6. The van der Waals surface area contributed by atoms with Gasteiger partial charge in [-0.2, -0.15) is 0 Å². The molecule has 2 N–H and O–H groups in total. The SMILES string of the molecule is CC(C)NC(=O)c1ccc(NC2CCN(C(=O)OC(C)(C)C)C2)cc1. The number of rotatable bonds is 4. The van der Waals surface area contributed by atoms with Gasteiger partial charge in [-0.1, -0.05) is 0 Å².